The summed E-state index contributed by atoms with van der Waals surface area (Å²) in [7, 11) is 1.73. The molecule has 0 unspecified atom stereocenters. The van der Waals surface area contributed by atoms with Gasteiger partial charge in [0.1, 0.15) is 18.2 Å². The van der Waals surface area contributed by atoms with Crippen LogP contribution in [0.1, 0.15) is 34.8 Å². The van der Waals surface area contributed by atoms with Crippen molar-refractivity contribution < 1.29 is 13.9 Å². The number of carbonyl (C=O) groups excluding carboxylic acids is 1. The van der Waals surface area contributed by atoms with Crippen LogP contribution in [0.15, 0.2) is 60.0 Å². The van der Waals surface area contributed by atoms with Crippen molar-refractivity contribution in [2.45, 2.75) is 26.5 Å². The van der Waals surface area contributed by atoms with Crippen molar-refractivity contribution >= 4 is 23.3 Å². The van der Waals surface area contributed by atoms with Crippen LogP contribution in [0, 0.1) is 12.7 Å². The Kier molecular flexibility index (Phi) is 6.77. The molecule has 0 aliphatic heterocycles. The molecule has 0 saturated carbocycles. The molecule has 0 N–H and O–H groups in total. The Morgan fingerprint density at radius 3 is 2.72 bits per heavy atom. The third-order valence-electron chi connectivity index (χ3n) is 4.61. The highest BCUT2D eigenvalue weighted by atomic mass is 32.1. The summed E-state index contributed by atoms with van der Waals surface area (Å²) in [6, 6.07) is 13.6. The molecule has 2 aromatic carbocycles. The molecule has 1 atom stereocenters. The van der Waals surface area contributed by atoms with E-state index in [1.807, 2.05) is 43.5 Å². The molecule has 0 aliphatic rings. The molecule has 4 nitrogen and oxygen atoms in total. The number of carbonyl (C=O) groups is 1. The predicted molar refractivity (Wildman–Crippen MR) is 114 cm³/mol. The first-order chi connectivity index (χ1) is 13.9. The van der Waals surface area contributed by atoms with Crippen molar-refractivity contribution in [3.8, 4) is 5.75 Å². The van der Waals surface area contributed by atoms with Crippen LogP contribution in [-0.2, 0) is 11.4 Å². The normalized spacial score (nSPS) is 12.1. The fourth-order valence-corrected chi connectivity index (χ4v) is 3.38. The molecule has 0 saturated heterocycles. The van der Waals surface area contributed by atoms with Gasteiger partial charge in [-0.05, 0) is 55.3 Å². The Morgan fingerprint density at radius 1 is 1.28 bits per heavy atom. The van der Waals surface area contributed by atoms with Gasteiger partial charge in [-0.2, -0.15) is 0 Å². The fraction of sp³-hybridized carbons (Fsp3) is 0.217. The number of rotatable bonds is 7. The number of amides is 1. The predicted octanol–water partition coefficient (Wildman–Crippen LogP) is 5.40. The van der Waals surface area contributed by atoms with Gasteiger partial charge in [0.25, 0.3) is 0 Å². The second-order valence-corrected chi connectivity index (χ2v) is 7.79. The topological polar surface area (TPSA) is 42.4 Å². The second-order valence-electron chi connectivity index (χ2n) is 6.73. The highest BCUT2D eigenvalue weighted by molar-refractivity contribution is 7.09. The molecule has 150 valence electrons. The van der Waals surface area contributed by atoms with Gasteiger partial charge in [-0.15, -0.1) is 11.3 Å². The second kappa shape index (κ2) is 9.47. The van der Waals surface area contributed by atoms with Crippen LogP contribution in [0.5, 0.6) is 5.75 Å². The number of ether oxygens (including phenoxy) is 1. The summed E-state index contributed by atoms with van der Waals surface area (Å²) in [5, 5.41) is 2.99. The zero-order chi connectivity index (χ0) is 20.8. The van der Waals surface area contributed by atoms with Crippen LogP contribution in [0.25, 0.3) is 6.08 Å². The van der Waals surface area contributed by atoms with E-state index in [4.69, 9.17) is 4.74 Å². The number of aromatic nitrogens is 1. The zero-order valence-corrected chi connectivity index (χ0v) is 17.4. The summed E-state index contributed by atoms with van der Waals surface area (Å²) in [5.74, 6) is 0.297. The average molecular weight is 411 g/mol. The van der Waals surface area contributed by atoms with E-state index in [1.165, 1.54) is 18.2 Å². The molecule has 3 aromatic rings. The largest absolute Gasteiger partial charge is 0.487 e. The van der Waals surface area contributed by atoms with Gasteiger partial charge in [-0.1, -0.05) is 24.3 Å². The summed E-state index contributed by atoms with van der Waals surface area (Å²) in [6.07, 6.45) is 3.29. The summed E-state index contributed by atoms with van der Waals surface area (Å²) >= 11 is 1.59. The molecule has 29 heavy (non-hydrogen) atoms. The van der Waals surface area contributed by atoms with Gasteiger partial charge >= 0.3 is 0 Å². The summed E-state index contributed by atoms with van der Waals surface area (Å²) < 4.78 is 18.9. The Balaban J connectivity index is 1.61. The standard InChI is InChI=1S/C23H23FN2O2S/c1-16(19-8-10-20(24)11-9-19)26(3)23(27)12-7-18-5-4-6-22(13-18)28-14-21-15-29-17(2)25-21/h4-13,15-16H,14H2,1-3H3/b12-7+/t16-/m1/s1. The van der Waals surface area contributed by atoms with Crippen LogP contribution < -0.4 is 4.74 Å². The molecule has 0 aliphatic carbocycles. The van der Waals surface area contributed by atoms with Crippen LogP contribution in [0.4, 0.5) is 4.39 Å². The van der Waals surface area contributed by atoms with Crippen molar-refractivity contribution in [2.24, 2.45) is 0 Å². The van der Waals surface area contributed by atoms with E-state index < -0.39 is 0 Å². The lowest BCUT2D eigenvalue weighted by atomic mass is 10.1. The summed E-state index contributed by atoms with van der Waals surface area (Å²) in [4.78, 5) is 18.5. The Morgan fingerprint density at radius 2 is 2.03 bits per heavy atom. The molecule has 1 heterocycles. The third kappa shape index (κ3) is 5.74. The van der Waals surface area contributed by atoms with Gasteiger partial charge in [0.2, 0.25) is 5.91 Å². The van der Waals surface area contributed by atoms with Crippen molar-refractivity contribution in [3.63, 3.8) is 0 Å². The van der Waals surface area contributed by atoms with Crippen molar-refractivity contribution in [1.82, 2.24) is 9.88 Å². The number of benzene rings is 2. The maximum absolute atomic E-state index is 13.1. The first-order valence-corrected chi connectivity index (χ1v) is 10.1. The number of thiazole rings is 1. The third-order valence-corrected chi connectivity index (χ3v) is 5.43. The van der Waals surface area contributed by atoms with Crippen LogP contribution in [-0.4, -0.2) is 22.8 Å². The van der Waals surface area contributed by atoms with Gasteiger partial charge in [0.15, 0.2) is 0 Å². The monoisotopic (exact) mass is 410 g/mol. The van der Waals surface area contributed by atoms with E-state index in [9.17, 15) is 9.18 Å². The quantitative estimate of drug-likeness (QED) is 0.490. The van der Waals surface area contributed by atoms with E-state index >= 15 is 0 Å². The number of hydrogen-bond donors (Lipinski definition) is 0. The zero-order valence-electron chi connectivity index (χ0n) is 16.6. The molecule has 1 amide bonds. The minimum atomic E-state index is -0.290. The highest BCUT2D eigenvalue weighted by Crippen LogP contribution is 2.20. The Bertz CT molecular complexity index is 998. The van der Waals surface area contributed by atoms with Crippen molar-refractivity contribution in [1.29, 1.82) is 0 Å². The molecule has 6 heteroatoms. The van der Waals surface area contributed by atoms with E-state index in [1.54, 1.807) is 41.5 Å². The minimum absolute atomic E-state index is 0.133. The Hall–Kier alpha value is -2.99. The maximum atomic E-state index is 13.1. The SMILES string of the molecule is Cc1nc(COc2cccc(/C=C/C(=O)N(C)[C@H](C)c3ccc(F)cc3)c2)cs1. The molecule has 0 bridgehead atoms. The van der Waals surface area contributed by atoms with E-state index in [0.29, 0.717) is 6.61 Å². The van der Waals surface area contributed by atoms with Crippen LogP contribution >= 0.6 is 11.3 Å². The molecule has 3 rings (SSSR count). The van der Waals surface area contributed by atoms with Gasteiger partial charge in [0.05, 0.1) is 16.7 Å². The minimum Gasteiger partial charge on any atom is -0.487 e. The maximum Gasteiger partial charge on any atom is 0.246 e. The lowest BCUT2D eigenvalue weighted by molar-refractivity contribution is -0.126. The lowest BCUT2D eigenvalue weighted by Gasteiger charge is -2.24. The molecule has 0 radical (unpaired) electrons. The number of likely N-dealkylation sites (N-methyl/N-ethyl adjacent to an activating group) is 1. The Labute approximate surface area is 174 Å². The summed E-state index contributed by atoms with van der Waals surface area (Å²) in [5.41, 5.74) is 2.65. The highest BCUT2D eigenvalue weighted by Gasteiger charge is 2.15. The van der Waals surface area contributed by atoms with Gasteiger partial charge in [-0.3, -0.25) is 4.79 Å². The lowest BCUT2D eigenvalue weighted by Crippen LogP contribution is -2.27. The average Bonchev–Trinajstić information content (AvgIpc) is 3.15. The number of aryl methyl sites for hydroxylation is 1. The summed E-state index contributed by atoms with van der Waals surface area (Å²) in [6.45, 7) is 4.28. The number of hydrogen-bond acceptors (Lipinski definition) is 4. The van der Waals surface area contributed by atoms with Gasteiger partial charge in [-0.25, -0.2) is 9.37 Å². The van der Waals surface area contributed by atoms with Crippen LogP contribution in [0.3, 0.4) is 0 Å². The smallest absolute Gasteiger partial charge is 0.246 e. The molecule has 0 fully saturated rings. The van der Waals surface area contributed by atoms with Crippen molar-refractivity contribution in [3.05, 3.63) is 87.6 Å². The number of nitrogens with zero attached hydrogens (tertiary/aromatic N) is 2. The molecule has 0 spiro atoms. The first-order valence-electron chi connectivity index (χ1n) is 9.26. The molecule has 1 aromatic heterocycles. The van der Waals surface area contributed by atoms with Gasteiger partial charge < -0.3 is 9.64 Å². The van der Waals surface area contributed by atoms with Gasteiger partial charge in [0, 0.05) is 18.5 Å². The molecular formula is C23H23FN2O2S. The van der Waals surface area contributed by atoms with E-state index in [-0.39, 0.29) is 17.8 Å². The van der Waals surface area contributed by atoms with E-state index in [0.717, 1.165) is 27.6 Å². The van der Waals surface area contributed by atoms with Crippen LogP contribution in [0.2, 0.25) is 0 Å². The van der Waals surface area contributed by atoms with Crippen molar-refractivity contribution in [2.75, 3.05) is 7.05 Å². The van der Waals surface area contributed by atoms with E-state index in [2.05, 4.69) is 4.98 Å². The molecular weight excluding hydrogens is 387 g/mol. The first kappa shape index (κ1) is 20.7. The fourth-order valence-electron chi connectivity index (χ4n) is 2.78. The number of halogens is 1.